The van der Waals surface area contributed by atoms with Crippen molar-refractivity contribution in [2.75, 3.05) is 18.5 Å². The molecule has 1 aromatic heterocycles. The number of aromatic nitrogens is 2. The van der Waals surface area contributed by atoms with Crippen LogP contribution in [-0.4, -0.2) is 23.1 Å². The van der Waals surface area contributed by atoms with Crippen molar-refractivity contribution in [3.63, 3.8) is 0 Å². The summed E-state index contributed by atoms with van der Waals surface area (Å²) in [6, 6.07) is 0. The molecule has 1 fully saturated rings. The summed E-state index contributed by atoms with van der Waals surface area (Å²) in [5.74, 6) is 1.72. The zero-order valence-corrected chi connectivity index (χ0v) is 10.8. The van der Waals surface area contributed by atoms with Crippen molar-refractivity contribution >= 4 is 28.4 Å². The molecule has 1 N–H and O–H groups in total. The summed E-state index contributed by atoms with van der Waals surface area (Å²) in [4.78, 5) is 8.81. The van der Waals surface area contributed by atoms with Crippen molar-refractivity contribution in [3.8, 4) is 0 Å². The smallest absolute Gasteiger partial charge is 0.159 e. The fourth-order valence-corrected chi connectivity index (χ4v) is 2.06. The van der Waals surface area contributed by atoms with Crippen LogP contribution in [-0.2, 0) is 4.74 Å². The van der Waals surface area contributed by atoms with Gasteiger partial charge < -0.3 is 10.1 Å². The normalized spacial score (nSPS) is 20.5. The van der Waals surface area contributed by atoms with Gasteiger partial charge in [-0.05, 0) is 42.4 Å². The Hall–Kier alpha value is -0.430. The Bertz CT molecular complexity index is 339. The van der Waals surface area contributed by atoms with Gasteiger partial charge in [-0.2, -0.15) is 0 Å². The molecule has 0 spiro atoms. The van der Waals surface area contributed by atoms with Crippen LogP contribution in [0.4, 0.5) is 5.82 Å². The monoisotopic (exact) mass is 319 g/mol. The Morgan fingerprint density at radius 1 is 1.67 bits per heavy atom. The van der Waals surface area contributed by atoms with Gasteiger partial charge in [-0.15, -0.1) is 0 Å². The van der Waals surface area contributed by atoms with Crippen molar-refractivity contribution in [2.45, 2.75) is 25.9 Å². The van der Waals surface area contributed by atoms with Crippen LogP contribution in [0, 0.1) is 3.57 Å². The second-order valence-corrected chi connectivity index (χ2v) is 4.62. The van der Waals surface area contributed by atoms with E-state index in [1.807, 2.05) is 6.20 Å². The van der Waals surface area contributed by atoms with Crippen molar-refractivity contribution in [3.05, 3.63) is 15.6 Å². The molecule has 2 rings (SSSR count). The highest BCUT2D eigenvalue weighted by Gasteiger charge is 2.21. The molecule has 1 aliphatic heterocycles. The average Bonchev–Trinajstić information content (AvgIpc) is 2.75. The van der Waals surface area contributed by atoms with Gasteiger partial charge in [0.05, 0.1) is 3.57 Å². The van der Waals surface area contributed by atoms with Crippen LogP contribution in [0.1, 0.15) is 31.7 Å². The summed E-state index contributed by atoms with van der Waals surface area (Å²) in [5, 5.41) is 3.23. The molecule has 82 valence electrons. The number of rotatable bonds is 3. The largest absolute Gasteiger partial charge is 0.370 e. The van der Waals surface area contributed by atoms with Crippen LogP contribution in [0.15, 0.2) is 6.20 Å². The van der Waals surface area contributed by atoms with Crippen LogP contribution < -0.4 is 5.32 Å². The highest BCUT2D eigenvalue weighted by atomic mass is 127. The van der Waals surface area contributed by atoms with E-state index >= 15 is 0 Å². The average molecular weight is 319 g/mol. The lowest BCUT2D eigenvalue weighted by atomic mass is 10.2. The standard InChI is InChI=1S/C10H14IN3O/c1-2-12-9-7(11)6-13-10(14-9)8-4-3-5-15-8/h6,8H,2-5H2,1H3,(H,12,13,14). The first-order chi connectivity index (χ1) is 7.31. The first kappa shape index (κ1) is 11.1. The van der Waals surface area contributed by atoms with Gasteiger partial charge in [0.1, 0.15) is 11.9 Å². The van der Waals surface area contributed by atoms with Crippen LogP contribution in [0.5, 0.6) is 0 Å². The first-order valence-electron chi connectivity index (χ1n) is 5.19. The van der Waals surface area contributed by atoms with E-state index in [4.69, 9.17) is 4.74 Å². The van der Waals surface area contributed by atoms with Crippen LogP contribution in [0.25, 0.3) is 0 Å². The van der Waals surface area contributed by atoms with Crippen LogP contribution >= 0.6 is 22.6 Å². The number of halogens is 1. The maximum atomic E-state index is 5.56. The summed E-state index contributed by atoms with van der Waals surface area (Å²) in [7, 11) is 0. The quantitative estimate of drug-likeness (QED) is 0.869. The highest BCUT2D eigenvalue weighted by molar-refractivity contribution is 14.1. The molecule has 0 amide bonds. The van der Waals surface area contributed by atoms with Crippen molar-refractivity contribution in [1.29, 1.82) is 0 Å². The lowest BCUT2D eigenvalue weighted by molar-refractivity contribution is 0.105. The lowest BCUT2D eigenvalue weighted by Crippen LogP contribution is -2.08. The van der Waals surface area contributed by atoms with Crippen molar-refractivity contribution in [2.24, 2.45) is 0 Å². The molecular formula is C10H14IN3O. The molecule has 2 heterocycles. The molecular weight excluding hydrogens is 305 g/mol. The lowest BCUT2D eigenvalue weighted by Gasteiger charge is -2.10. The minimum atomic E-state index is 0.0967. The van der Waals surface area contributed by atoms with Crippen molar-refractivity contribution in [1.82, 2.24) is 9.97 Å². The topological polar surface area (TPSA) is 47.0 Å². The summed E-state index contributed by atoms with van der Waals surface area (Å²) in [5.41, 5.74) is 0. The number of hydrogen-bond acceptors (Lipinski definition) is 4. The number of ether oxygens (including phenoxy) is 1. The third-order valence-electron chi connectivity index (χ3n) is 2.32. The molecule has 1 aromatic rings. The van der Waals surface area contributed by atoms with Gasteiger partial charge in [-0.1, -0.05) is 0 Å². The van der Waals surface area contributed by atoms with Gasteiger partial charge in [-0.3, -0.25) is 0 Å². The molecule has 0 saturated carbocycles. The SMILES string of the molecule is CCNc1nc(C2CCCO2)ncc1I. The van der Waals surface area contributed by atoms with E-state index in [0.29, 0.717) is 0 Å². The predicted octanol–water partition coefficient (Wildman–Crippen LogP) is 2.36. The Morgan fingerprint density at radius 3 is 3.20 bits per heavy atom. The van der Waals surface area contributed by atoms with Crippen LogP contribution in [0.3, 0.4) is 0 Å². The molecule has 1 atom stereocenters. The number of hydrogen-bond donors (Lipinski definition) is 1. The predicted molar refractivity (Wildman–Crippen MR) is 66.8 cm³/mol. The Labute approximate surface area is 103 Å². The van der Waals surface area contributed by atoms with E-state index in [-0.39, 0.29) is 6.10 Å². The summed E-state index contributed by atoms with van der Waals surface area (Å²) >= 11 is 2.24. The summed E-state index contributed by atoms with van der Waals surface area (Å²) < 4.78 is 6.61. The van der Waals surface area contributed by atoms with Gasteiger partial charge in [0.25, 0.3) is 0 Å². The zero-order chi connectivity index (χ0) is 10.7. The van der Waals surface area contributed by atoms with E-state index in [2.05, 4.69) is 44.8 Å². The maximum absolute atomic E-state index is 5.56. The Kier molecular flexibility index (Phi) is 3.74. The minimum Gasteiger partial charge on any atom is -0.370 e. The van der Waals surface area contributed by atoms with Crippen LogP contribution in [0.2, 0.25) is 0 Å². The maximum Gasteiger partial charge on any atom is 0.159 e. The summed E-state index contributed by atoms with van der Waals surface area (Å²) in [6.07, 6.45) is 4.09. The molecule has 5 heteroatoms. The molecule has 1 unspecified atom stereocenters. The van der Waals surface area contributed by atoms with E-state index in [1.165, 1.54) is 0 Å². The molecule has 0 aromatic carbocycles. The van der Waals surface area contributed by atoms with Gasteiger partial charge in [-0.25, -0.2) is 9.97 Å². The summed E-state index contributed by atoms with van der Waals surface area (Å²) in [6.45, 7) is 3.76. The van der Waals surface area contributed by atoms with E-state index in [1.54, 1.807) is 0 Å². The molecule has 15 heavy (non-hydrogen) atoms. The molecule has 4 nitrogen and oxygen atoms in total. The fourth-order valence-electron chi connectivity index (χ4n) is 1.61. The zero-order valence-electron chi connectivity index (χ0n) is 8.66. The number of anilines is 1. The molecule has 1 aliphatic rings. The number of nitrogens with zero attached hydrogens (tertiary/aromatic N) is 2. The van der Waals surface area contributed by atoms with Gasteiger partial charge >= 0.3 is 0 Å². The highest BCUT2D eigenvalue weighted by Crippen LogP contribution is 2.27. The van der Waals surface area contributed by atoms with E-state index in [0.717, 1.165) is 41.2 Å². The number of nitrogens with one attached hydrogen (secondary N) is 1. The van der Waals surface area contributed by atoms with Gasteiger partial charge in [0, 0.05) is 19.3 Å². The second kappa shape index (κ2) is 5.07. The molecule has 0 radical (unpaired) electrons. The van der Waals surface area contributed by atoms with Crippen molar-refractivity contribution < 1.29 is 4.74 Å². The Morgan fingerprint density at radius 2 is 2.53 bits per heavy atom. The molecule has 0 aliphatic carbocycles. The third kappa shape index (κ3) is 2.57. The van der Waals surface area contributed by atoms with E-state index < -0.39 is 0 Å². The van der Waals surface area contributed by atoms with Gasteiger partial charge in [0.2, 0.25) is 0 Å². The third-order valence-corrected chi connectivity index (χ3v) is 3.11. The Balaban J connectivity index is 2.21. The molecule has 0 bridgehead atoms. The first-order valence-corrected chi connectivity index (χ1v) is 6.27. The van der Waals surface area contributed by atoms with Gasteiger partial charge in [0.15, 0.2) is 5.82 Å². The fraction of sp³-hybridized carbons (Fsp3) is 0.600. The molecule has 1 saturated heterocycles. The van der Waals surface area contributed by atoms with E-state index in [9.17, 15) is 0 Å². The second-order valence-electron chi connectivity index (χ2n) is 3.46. The minimum absolute atomic E-state index is 0.0967.